The molecule has 0 amide bonds. The maximum Gasteiger partial charge on any atom is 0.260 e. The zero-order valence-electron chi connectivity index (χ0n) is 14.0. The Morgan fingerprint density at radius 2 is 1.92 bits per heavy atom. The Kier molecular flexibility index (Phi) is 5.34. The van der Waals surface area contributed by atoms with E-state index in [-0.39, 0.29) is 11.6 Å². The van der Waals surface area contributed by atoms with Crippen molar-refractivity contribution in [2.75, 3.05) is 13.1 Å². The van der Waals surface area contributed by atoms with Crippen molar-refractivity contribution in [3.8, 4) is 17.3 Å². The van der Waals surface area contributed by atoms with Crippen LogP contribution in [-0.4, -0.2) is 47.3 Å². The summed E-state index contributed by atoms with van der Waals surface area (Å²) in [5.41, 5.74) is 1.72. The number of nitriles is 1. The monoisotopic (exact) mass is 373 g/mol. The van der Waals surface area contributed by atoms with E-state index in [1.807, 2.05) is 6.07 Å². The van der Waals surface area contributed by atoms with E-state index >= 15 is 0 Å². The van der Waals surface area contributed by atoms with Crippen molar-refractivity contribution in [1.82, 2.24) is 9.29 Å². The Morgan fingerprint density at radius 1 is 1.19 bits per heavy atom. The van der Waals surface area contributed by atoms with Gasteiger partial charge in [0.05, 0.1) is 17.3 Å². The van der Waals surface area contributed by atoms with Crippen LogP contribution in [0.4, 0.5) is 0 Å². The van der Waals surface area contributed by atoms with Crippen LogP contribution in [0.25, 0.3) is 11.3 Å². The fraction of sp³-hybridized carbons (Fsp3) is 0.333. The van der Waals surface area contributed by atoms with E-state index in [2.05, 4.69) is 4.98 Å². The molecule has 1 atom stereocenters. The Balaban J connectivity index is 1.90. The molecule has 1 saturated heterocycles. The first-order chi connectivity index (χ1) is 12.4. The minimum absolute atomic E-state index is 0.0583. The molecule has 1 aromatic heterocycles. The van der Waals surface area contributed by atoms with E-state index in [1.54, 1.807) is 36.4 Å². The van der Waals surface area contributed by atoms with Gasteiger partial charge in [0.25, 0.3) is 10.0 Å². The number of nitrogens with zero attached hydrogens (tertiary/aromatic N) is 3. The van der Waals surface area contributed by atoms with Gasteiger partial charge in [0, 0.05) is 24.6 Å². The van der Waals surface area contributed by atoms with Crippen molar-refractivity contribution in [2.45, 2.75) is 24.2 Å². The van der Waals surface area contributed by atoms with Crippen LogP contribution in [-0.2, 0) is 10.0 Å². The fourth-order valence-corrected chi connectivity index (χ4v) is 4.49. The molecular weight excluding hydrogens is 354 g/mol. The van der Waals surface area contributed by atoms with Crippen LogP contribution in [0.3, 0.4) is 0 Å². The second kappa shape index (κ2) is 7.51. The predicted molar refractivity (Wildman–Crippen MR) is 94.1 cm³/mol. The van der Waals surface area contributed by atoms with Crippen LogP contribution in [0.1, 0.15) is 18.4 Å². The molecular formula is C18H19N3O4S. The quantitative estimate of drug-likeness (QED) is 0.782. The summed E-state index contributed by atoms with van der Waals surface area (Å²) in [6.45, 7) is 0.386. The van der Waals surface area contributed by atoms with Gasteiger partial charge in [0.2, 0.25) is 0 Å². The van der Waals surface area contributed by atoms with Crippen LogP contribution in [0, 0.1) is 17.2 Å². The molecule has 0 bridgehead atoms. The van der Waals surface area contributed by atoms with E-state index in [1.165, 1.54) is 10.4 Å². The lowest BCUT2D eigenvalue weighted by molar-refractivity contribution is -0.0946. The smallest absolute Gasteiger partial charge is 0.260 e. The number of aliphatic hydroxyl groups is 2. The summed E-state index contributed by atoms with van der Waals surface area (Å²) in [6.07, 6.45) is -0.398. The minimum Gasteiger partial charge on any atom is -0.368 e. The highest BCUT2D eigenvalue weighted by Crippen LogP contribution is 2.26. The molecule has 2 aromatic rings. The zero-order valence-corrected chi connectivity index (χ0v) is 14.8. The largest absolute Gasteiger partial charge is 0.368 e. The summed E-state index contributed by atoms with van der Waals surface area (Å²) >= 11 is 0. The van der Waals surface area contributed by atoms with E-state index in [0.717, 1.165) is 0 Å². The number of pyridine rings is 1. The second-order valence-corrected chi connectivity index (χ2v) is 8.11. The van der Waals surface area contributed by atoms with Gasteiger partial charge in [0.1, 0.15) is 0 Å². The summed E-state index contributed by atoms with van der Waals surface area (Å²) in [6, 6.07) is 13.5. The Bertz CT molecular complexity index is 920. The van der Waals surface area contributed by atoms with Gasteiger partial charge in [-0.05, 0) is 37.1 Å². The SMILES string of the molecule is N#Cc1ccc(-c2cccc(S(=O)(=O)N3CCCC(C(O)O)C3)n2)cc1. The first kappa shape index (κ1) is 18.5. The van der Waals surface area contributed by atoms with Crippen molar-refractivity contribution in [3.05, 3.63) is 48.0 Å². The highest BCUT2D eigenvalue weighted by atomic mass is 32.2. The summed E-state index contributed by atoms with van der Waals surface area (Å²) in [5.74, 6) is -0.500. The highest BCUT2D eigenvalue weighted by Gasteiger charge is 2.33. The average molecular weight is 373 g/mol. The molecule has 0 radical (unpaired) electrons. The van der Waals surface area contributed by atoms with E-state index in [4.69, 9.17) is 5.26 Å². The number of hydrogen-bond acceptors (Lipinski definition) is 6. The van der Waals surface area contributed by atoms with Gasteiger partial charge in [-0.25, -0.2) is 13.4 Å². The Hall–Kier alpha value is -2.31. The van der Waals surface area contributed by atoms with Crippen molar-refractivity contribution in [2.24, 2.45) is 5.92 Å². The number of aliphatic hydroxyl groups excluding tert-OH is 1. The van der Waals surface area contributed by atoms with Gasteiger partial charge in [-0.15, -0.1) is 0 Å². The average Bonchev–Trinajstić information content (AvgIpc) is 2.68. The van der Waals surface area contributed by atoms with E-state index in [9.17, 15) is 18.6 Å². The second-order valence-electron chi connectivity index (χ2n) is 6.23. The molecule has 1 aliphatic rings. The normalized spacial score (nSPS) is 18.6. The third-order valence-electron chi connectivity index (χ3n) is 4.48. The summed E-state index contributed by atoms with van der Waals surface area (Å²) in [4.78, 5) is 4.28. The minimum atomic E-state index is -3.82. The van der Waals surface area contributed by atoms with E-state index < -0.39 is 22.2 Å². The number of piperidine rings is 1. The lowest BCUT2D eigenvalue weighted by Gasteiger charge is -2.32. The number of hydrogen-bond donors (Lipinski definition) is 2. The number of sulfonamides is 1. The first-order valence-corrected chi connectivity index (χ1v) is 9.69. The molecule has 1 unspecified atom stereocenters. The maximum atomic E-state index is 12.9. The van der Waals surface area contributed by atoms with E-state index in [0.29, 0.717) is 36.2 Å². The zero-order chi connectivity index (χ0) is 18.7. The summed E-state index contributed by atoms with van der Waals surface area (Å²) < 4.78 is 27.0. The van der Waals surface area contributed by atoms with Crippen molar-refractivity contribution in [1.29, 1.82) is 5.26 Å². The van der Waals surface area contributed by atoms with Gasteiger partial charge in [-0.2, -0.15) is 9.57 Å². The first-order valence-electron chi connectivity index (χ1n) is 8.25. The van der Waals surface area contributed by atoms with Gasteiger partial charge in [-0.1, -0.05) is 18.2 Å². The van der Waals surface area contributed by atoms with Crippen LogP contribution < -0.4 is 0 Å². The molecule has 1 aliphatic heterocycles. The molecule has 2 heterocycles. The summed E-state index contributed by atoms with van der Waals surface area (Å²) in [7, 11) is -3.82. The fourth-order valence-electron chi connectivity index (χ4n) is 3.00. The van der Waals surface area contributed by atoms with Crippen LogP contribution in [0.2, 0.25) is 0 Å². The molecule has 1 aromatic carbocycles. The Labute approximate surface area is 152 Å². The highest BCUT2D eigenvalue weighted by molar-refractivity contribution is 7.89. The molecule has 3 rings (SSSR count). The third kappa shape index (κ3) is 3.76. The molecule has 2 N–H and O–H groups in total. The maximum absolute atomic E-state index is 12.9. The van der Waals surface area contributed by atoms with Crippen molar-refractivity contribution in [3.63, 3.8) is 0 Å². The molecule has 0 aliphatic carbocycles. The van der Waals surface area contributed by atoms with Gasteiger partial charge in [0.15, 0.2) is 11.3 Å². The van der Waals surface area contributed by atoms with Gasteiger partial charge >= 0.3 is 0 Å². The van der Waals surface area contributed by atoms with Crippen LogP contribution >= 0.6 is 0 Å². The standard InChI is InChI=1S/C18H19N3O4S/c19-11-13-6-8-14(9-7-13)16-4-1-5-17(20-16)26(24,25)21-10-2-3-15(12-21)18(22)23/h1,4-9,15,18,22-23H,2-3,10,12H2. The summed E-state index contributed by atoms with van der Waals surface area (Å²) in [5, 5.41) is 27.5. The topological polar surface area (TPSA) is 115 Å². The number of rotatable bonds is 4. The number of benzene rings is 1. The van der Waals surface area contributed by atoms with Gasteiger partial charge in [-0.3, -0.25) is 0 Å². The number of aromatic nitrogens is 1. The molecule has 0 saturated carbocycles. The van der Waals surface area contributed by atoms with Crippen LogP contribution in [0.15, 0.2) is 47.5 Å². The van der Waals surface area contributed by atoms with Crippen molar-refractivity contribution < 1.29 is 18.6 Å². The third-order valence-corrected chi connectivity index (χ3v) is 6.25. The lowest BCUT2D eigenvalue weighted by atomic mass is 9.99. The Morgan fingerprint density at radius 3 is 2.58 bits per heavy atom. The molecule has 136 valence electrons. The van der Waals surface area contributed by atoms with Crippen molar-refractivity contribution >= 4 is 10.0 Å². The lowest BCUT2D eigenvalue weighted by Crippen LogP contribution is -2.43. The molecule has 8 heteroatoms. The molecule has 7 nitrogen and oxygen atoms in total. The molecule has 1 fully saturated rings. The van der Waals surface area contributed by atoms with Gasteiger partial charge < -0.3 is 10.2 Å². The molecule has 26 heavy (non-hydrogen) atoms. The molecule has 0 spiro atoms. The predicted octanol–water partition coefficient (Wildman–Crippen LogP) is 1.33. The van der Waals surface area contributed by atoms with Crippen LogP contribution in [0.5, 0.6) is 0 Å².